The summed E-state index contributed by atoms with van der Waals surface area (Å²) in [6, 6.07) is 0.360. The molecule has 2 aliphatic rings. The molecule has 1 aliphatic carbocycles. The molecule has 0 atom stereocenters. The third-order valence-corrected chi connectivity index (χ3v) is 4.07. The topological polar surface area (TPSA) is 55.4 Å². The molecule has 0 aromatic carbocycles. The van der Waals surface area contributed by atoms with Crippen LogP contribution in [0.15, 0.2) is 4.99 Å². The van der Waals surface area contributed by atoms with Crippen molar-refractivity contribution < 1.29 is 4.21 Å². The van der Waals surface area contributed by atoms with Gasteiger partial charge >= 0.3 is 0 Å². The fourth-order valence-electron chi connectivity index (χ4n) is 1.61. The largest absolute Gasteiger partial charge is 0.387 e. The Morgan fingerprint density at radius 1 is 1.23 bits per heavy atom. The van der Waals surface area contributed by atoms with Crippen LogP contribution in [0.2, 0.25) is 0 Å². The SMILES string of the molecule is NC(=NC1CCS(=O)CC1)C1CC1. The molecule has 3 nitrogen and oxygen atoms in total. The van der Waals surface area contributed by atoms with Gasteiger partial charge in [0.1, 0.15) is 0 Å². The Kier molecular flexibility index (Phi) is 2.67. The monoisotopic (exact) mass is 200 g/mol. The lowest BCUT2D eigenvalue weighted by molar-refractivity contribution is 0.597. The molecule has 74 valence electrons. The minimum Gasteiger partial charge on any atom is -0.387 e. The van der Waals surface area contributed by atoms with Gasteiger partial charge in [0.2, 0.25) is 0 Å². The van der Waals surface area contributed by atoms with Crippen LogP contribution in [0, 0.1) is 5.92 Å². The van der Waals surface area contributed by atoms with E-state index in [-0.39, 0.29) is 0 Å². The minimum absolute atomic E-state index is 0.360. The van der Waals surface area contributed by atoms with Crippen molar-refractivity contribution in [2.75, 3.05) is 11.5 Å². The summed E-state index contributed by atoms with van der Waals surface area (Å²) in [4.78, 5) is 4.49. The number of nitrogens with two attached hydrogens (primary N) is 1. The zero-order chi connectivity index (χ0) is 9.26. The van der Waals surface area contributed by atoms with Gasteiger partial charge in [-0.1, -0.05) is 0 Å². The Labute approximate surface area is 81.3 Å². The molecule has 4 heteroatoms. The molecule has 0 aromatic rings. The molecular weight excluding hydrogens is 184 g/mol. The Morgan fingerprint density at radius 2 is 1.85 bits per heavy atom. The number of nitrogens with zero attached hydrogens (tertiary/aromatic N) is 1. The van der Waals surface area contributed by atoms with E-state index in [0.29, 0.717) is 12.0 Å². The van der Waals surface area contributed by atoms with Crippen molar-refractivity contribution >= 4 is 16.6 Å². The zero-order valence-electron chi connectivity index (χ0n) is 7.74. The fraction of sp³-hybridized carbons (Fsp3) is 0.889. The highest BCUT2D eigenvalue weighted by molar-refractivity contribution is 7.85. The van der Waals surface area contributed by atoms with E-state index >= 15 is 0 Å². The second-order valence-electron chi connectivity index (χ2n) is 3.91. The van der Waals surface area contributed by atoms with Gasteiger partial charge in [0, 0.05) is 28.2 Å². The summed E-state index contributed by atoms with van der Waals surface area (Å²) in [6.07, 6.45) is 4.35. The van der Waals surface area contributed by atoms with Crippen LogP contribution in [-0.4, -0.2) is 27.6 Å². The maximum atomic E-state index is 11.1. The lowest BCUT2D eigenvalue weighted by Crippen LogP contribution is -2.25. The van der Waals surface area contributed by atoms with Crippen molar-refractivity contribution in [3.05, 3.63) is 0 Å². The lowest BCUT2D eigenvalue weighted by Gasteiger charge is -2.18. The maximum absolute atomic E-state index is 11.1. The summed E-state index contributed by atoms with van der Waals surface area (Å²) in [5.74, 6) is 3.04. The molecule has 1 saturated carbocycles. The molecule has 13 heavy (non-hydrogen) atoms. The van der Waals surface area contributed by atoms with Crippen molar-refractivity contribution in [2.24, 2.45) is 16.6 Å². The number of aliphatic imine (C=N–C) groups is 1. The predicted molar refractivity (Wildman–Crippen MR) is 55.2 cm³/mol. The predicted octanol–water partition coefficient (Wildman–Crippen LogP) is 0.665. The molecule has 0 unspecified atom stereocenters. The summed E-state index contributed by atoms with van der Waals surface area (Å²) in [5, 5.41) is 0. The van der Waals surface area contributed by atoms with Gasteiger partial charge in [0.05, 0.1) is 11.9 Å². The van der Waals surface area contributed by atoms with Crippen LogP contribution >= 0.6 is 0 Å². The van der Waals surface area contributed by atoms with Gasteiger partial charge in [-0.15, -0.1) is 0 Å². The summed E-state index contributed by atoms with van der Waals surface area (Å²) in [6.45, 7) is 0. The van der Waals surface area contributed by atoms with Crippen LogP contribution < -0.4 is 5.73 Å². The van der Waals surface area contributed by atoms with Crippen LogP contribution in [0.1, 0.15) is 25.7 Å². The van der Waals surface area contributed by atoms with Gasteiger partial charge in [-0.05, 0) is 25.7 Å². The Hall–Kier alpha value is -0.380. The van der Waals surface area contributed by atoms with Gasteiger partial charge in [0.25, 0.3) is 0 Å². The molecule has 2 fully saturated rings. The molecule has 2 rings (SSSR count). The number of rotatable bonds is 2. The van der Waals surface area contributed by atoms with Crippen LogP contribution in [0.4, 0.5) is 0 Å². The Bertz CT molecular complexity index is 238. The van der Waals surface area contributed by atoms with E-state index in [2.05, 4.69) is 4.99 Å². The normalized spacial score (nSPS) is 36.2. The molecule has 0 spiro atoms. The molecule has 0 bridgehead atoms. The summed E-state index contributed by atoms with van der Waals surface area (Å²) in [5.41, 5.74) is 5.82. The highest BCUT2D eigenvalue weighted by Crippen LogP contribution is 2.29. The van der Waals surface area contributed by atoms with E-state index in [1.54, 1.807) is 0 Å². The van der Waals surface area contributed by atoms with Gasteiger partial charge in [0.15, 0.2) is 0 Å². The van der Waals surface area contributed by atoms with E-state index < -0.39 is 10.8 Å². The van der Waals surface area contributed by atoms with Gasteiger partial charge in [-0.3, -0.25) is 9.20 Å². The average molecular weight is 200 g/mol. The second kappa shape index (κ2) is 3.78. The van der Waals surface area contributed by atoms with E-state index in [4.69, 9.17) is 5.73 Å². The van der Waals surface area contributed by atoms with Gasteiger partial charge in [-0.2, -0.15) is 0 Å². The molecule has 0 radical (unpaired) electrons. The Morgan fingerprint density at radius 3 is 2.38 bits per heavy atom. The Balaban J connectivity index is 1.87. The van der Waals surface area contributed by atoms with Crippen LogP contribution in [0.5, 0.6) is 0 Å². The first kappa shape index (κ1) is 9.19. The molecule has 1 heterocycles. The average Bonchev–Trinajstić information content (AvgIpc) is 2.91. The smallest absolute Gasteiger partial charge is 0.0971 e. The first-order chi connectivity index (χ1) is 6.25. The molecular formula is C9H16N2OS. The third-order valence-electron chi connectivity index (χ3n) is 2.68. The van der Waals surface area contributed by atoms with Crippen molar-refractivity contribution in [1.29, 1.82) is 0 Å². The van der Waals surface area contributed by atoms with Crippen molar-refractivity contribution in [3.63, 3.8) is 0 Å². The van der Waals surface area contributed by atoms with Gasteiger partial charge in [-0.25, -0.2) is 0 Å². The van der Waals surface area contributed by atoms with Crippen molar-refractivity contribution in [3.8, 4) is 0 Å². The van der Waals surface area contributed by atoms with Gasteiger partial charge < -0.3 is 5.73 Å². The molecule has 1 saturated heterocycles. The van der Waals surface area contributed by atoms with E-state index in [0.717, 1.165) is 30.2 Å². The fourth-order valence-corrected chi connectivity index (χ4v) is 2.88. The molecule has 1 aliphatic heterocycles. The van der Waals surface area contributed by atoms with E-state index in [1.165, 1.54) is 12.8 Å². The summed E-state index contributed by atoms with van der Waals surface area (Å²) in [7, 11) is -0.581. The highest BCUT2D eigenvalue weighted by atomic mass is 32.2. The molecule has 0 amide bonds. The summed E-state index contributed by atoms with van der Waals surface area (Å²) < 4.78 is 11.1. The first-order valence-corrected chi connectivity index (χ1v) is 6.42. The number of hydrogen-bond donors (Lipinski definition) is 1. The lowest BCUT2D eigenvalue weighted by atomic mass is 10.2. The zero-order valence-corrected chi connectivity index (χ0v) is 8.55. The maximum Gasteiger partial charge on any atom is 0.0971 e. The first-order valence-electron chi connectivity index (χ1n) is 4.94. The molecule has 2 N–H and O–H groups in total. The minimum atomic E-state index is -0.581. The standard InChI is InChI=1S/C9H16N2OS/c10-9(7-1-2-7)11-8-3-5-13(12)6-4-8/h7-8H,1-6H2,(H2,10,11). The highest BCUT2D eigenvalue weighted by Gasteiger charge is 2.27. The van der Waals surface area contributed by atoms with E-state index in [9.17, 15) is 4.21 Å². The van der Waals surface area contributed by atoms with Crippen LogP contribution in [0.3, 0.4) is 0 Å². The number of hydrogen-bond acceptors (Lipinski definition) is 2. The number of amidine groups is 1. The van der Waals surface area contributed by atoms with Crippen LogP contribution in [0.25, 0.3) is 0 Å². The van der Waals surface area contributed by atoms with Crippen LogP contribution in [-0.2, 0) is 10.8 Å². The third kappa shape index (κ3) is 2.53. The van der Waals surface area contributed by atoms with Crippen molar-refractivity contribution in [2.45, 2.75) is 31.7 Å². The summed E-state index contributed by atoms with van der Waals surface area (Å²) >= 11 is 0. The van der Waals surface area contributed by atoms with E-state index in [1.807, 2.05) is 0 Å². The molecule has 0 aromatic heterocycles. The second-order valence-corrected chi connectivity index (χ2v) is 5.60. The van der Waals surface area contributed by atoms with Crippen molar-refractivity contribution in [1.82, 2.24) is 0 Å². The quantitative estimate of drug-likeness (QED) is 0.526.